The first-order valence-corrected chi connectivity index (χ1v) is 10.2. The molecule has 1 N–H and O–H groups in total. The number of nitrogens with one attached hydrogen (secondary N) is 1. The SMILES string of the molecule is Cc1ccc(N(Cc2cccnc2)C(=O)NS(=O)(=O)c2ccc(C)cc2)cc1. The van der Waals surface area contributed by atoms with Gasteiger partial charge in [-0.1, -0.05) is 41.5 Å². The molecule has 1 aromatic heterocycles. The molecule has 0 saturated heterocycles. The zero-order valence-corrected chi connectivity index (χ0v) is 16.5. The monoisotopic (exact) mass is 395 g/mol. The minimum absolute atomic E-state index is 0.0386. The summed E-state index contributed by atoms with van der Waals surface area (Å²) in [4.78, 5) is 18.4. The normalized spacial score (nSPS) is 11.1. The predicted molar refractivity (Wildman–Crippen MR) is 108 cm³/mol. The summed E-state index contributed by atoms with van der Waals surface area (Å²) < 4.78 is 27.4. The smallest absolute Gasteiger partial charge is 0.289 e. The van der Waals surface area contributed by atoms with Crippen LogP contribution in [0.25, 0.3) is 0 Å². The van der Waals surface area contributed by atoms with Crippen LogP contribution in [0.4, 0.5) is 10.5 Å². The van der Waals surface area contributed by atoms with Crippen LogP contribution in [0.2, 0.25) is 0 Å². The van der Waals surface area contributed by atoms with Crippen molar-refractivity contribution in [2.75, 3.05) is 4.90 Å². The minimum atomic E-state index is -3.99. The number of aromatic nitrogens is 1. The van der Waals surface area contributed by atoms with Crippen molar-refractivity contribution in [2.24, 2.45) is 0 Å². The third kappa shape index (κ3) is 4.75. The van der Waals surface area contributed by atoms with E-state index in [1.54, 1.807) is 42.7 Å². The quantitative estimate of drug-likeness (QED) is 0.713. The van der Waals surface area contributed by atoms with E-state index in [1.165, 1.54) is 17.0 Å². The first kappa shape index (κ1) is 19.6. The molecule has 0 atom stereocenters. The summed E-state index contributed by atoms with van der Waals surface area (Å²) in [7, 11) is -3.99. The molecule has 0 fully saturated rings. The van der Waals surface area contributed by atoms with Crippen LogP contribution in [-0.4, -0.2) is 19.4 Å². The van der Waals surface area contributed by atoms with Gasteiger partial charge in [-0.05, 0) is 49.7 Å². The second-order valence-corrected chi connectivity index (χ2v) is 8.19. The molecule has 2 amide bonds. The lowest BCUT2D eigenvalue weighted by atomic mass is 10.2. The van der Waals surface area contributed by atoms with Gasteiger partial charge < -0.3 is 0 Å². The van der Waals surface area contributed by atoms with Gasteiger partial charge in [0.1, 0.15) is 0 Å². The van der Waals surface area contributed by atoms with Gasteiger partial charge in [0, 0.05) is 18.1 Å². The van der Waals surface area contributed by atoms with Gasteiger partial charge in [-0.15, -0.1) is 0 Å². The van der Waals surface area contributed by atoms with E-state index in [2.05, 4.69) is 9.71 Å². The van der Waals surface area contributed by atoms with E-state index >= 15 is 0 Å². The molecule has 0 spiro atoms. The van der Waals surface area contributed by atoms with Gasteiger partial charge in [-0.3, -0.25) is 9.88 Å². The molecule has 0 aliphatic heterocycles. The summed E-state index contributed by atoms with van der Waals surface area (Å²) in [6.07, 6.45) is 3.28. The Labute approximate surface area is 164 Å². The van der Waals surface area contributed by atoms with E-state index in [0.717, 1.165) is 16.7 Å². The largest absolute Gasteiger partial charge is 0.336 e. The maximum absolute atomic E-state index is 12.9. The number of hydrogen-bond acceptors (Lipinski definition) is 4. The average Bonchev–Trinajstić information content (AvgIpc) is 2.68. The number of aryl methyl sites for hydroxylation is 2. The number of benzene rings is 2. The number of sulfonamides is 1. The highest BCUT2D eigenvalue weighted by molar-refractivity contribution is 7.90. The van der Waals surface area contributed by atoms with Crippen molar-refractivity contribution in [3.63, 3.8) is 0 Å². The fourth-order valence-electron chi connectivity index (χ4n) is 2.63. The zero-order chi connectivity index (χ0) is 20.1. The van der Waals surface area contributed by atoms with Crippen molar-refractivity contribution in [1.82, 2.24) is 9.71 Å². The molecule has 0 unspecified atom stereocenters. The van der Waals surface area contributed by atoms with Gasteiger partial charge in [0.15, 0.2) is 0 Å². The first-order valence-electron chi connectivity index (χ1n) is 8.72. The van der Waals surface area contributed by atoms with Crippen molar-refractivity contribution in [3.8, 4) is 0 Å². The van der Waals surface area contributed by atoms with Gasteiger partial charge in [-0.25, -0.2) is 17.9 Å². The van der Waals surface area contributed by atoms with Gasteiger partial charge in [-0.2, -0.15) is 0 Å². The molecule has 3 rings (SSSR count). The molecule has 7 heteroatoms. The molecule has 2 aromatic carbocycles. The lowest BCUT2D eigenvalue weighted by Crippen LogP contribution is -2.42. The lowest BCUT2D eigenvalue weighted by molar-refractivity contribution is 0.250. The van der Waals surface area contributed by atoms with Crippen molar-refractivity contribution in [1.29, 1.82) is 0 Å². The number of amides is 2. The molecule has 0 aliphatic rings. The highest BCUT2D eigenvalue weighted by Gasteiger charge is 2.23. The van der Waals surface area contributed by atoms with E-state index in [1.807, 2.05) is 32.0 Å². The van der Waals surface area contributed by atoms with Crippen LogP contribution in [0.3, 0.4) is 0 Å². The number of carbonyl (C=O) groups is 1. The van der Waals surface area contributed by atoms with Crippen molar-refractivity contribution >= 4 is 21.7 Å². The number of hydrogen-bond donors (Lipinski definition) is 1. The number of nitrogens with zero attached hydrogens (tertiary/aromatic N) is 2. The van der Waals surface area contributed by atoms with E-state index in [4.69, 9.17) is 0 Å². The predicted octanol–water partition coefficient (Wildman–Crippen LogP) is 3.80. The maximum Gasteiger partial charge on any atom is 0.336 e. The number of rotatable bonds is 5. The van der Waals surface area contributed by atoms with Gasteiger partial charge in [0.25, 0.3) is 10.0 Å². The summed E-state index contributed by atoms with van der Waals surface area (Å²) in [5, 5.41) is 0. The fraction of sp³-hybridized carbons (Fsp3) is 0.143. The van der Waals surface area contributed by atoms with E-state index in [0.29, 0.717) is 5.69 Å². The summed E-state index contributed by atoms with van der Waals surface area (Å²) in [5.74, 6) is 0. The Morgan fingerprint density at radius 1 is 0.964 bits per heavy atom. The Kier molecular flexibility index (Phi) is 5.75. The van der Waals surface area contributed by atoms with Crippen LogP contribution in [0.1, 0.15) is 16.7 Å². The van der Waals surface area contributed by atoms with Crippen LogP contribution >= 0.6 is 0 Å². The second-order valence-electron chi connectivity index (χ2n) is 6.51. The Bertz CT molecular complexity index is 1050. The van der Waals surface area contributed by atoms with Crippen molar-refractivity contribution in [3.05, 3.63) is 89.7 Å². The summed E-state index contributed by atoms with van der Waals surface area (Å²) in [6.45, 7) is 3.99. The molecular weight excluding hydrogens is 374 g/mol. The van der Waals surface area contributed by atoms with Crippen LogP contribution in [-0.2, 0) is 16.6 Å². The van der Waals surface area contributed by atoms with Gasteiger partial charge in [0.05, 0.1) is 11.4 Å². The molecule has 0 radical (unpaired) electrons. The molecule has 1 heterocycles. The van der Waals surface area contributed by atoms with Crippen molar-refractivity contribution < 1.29 is 13.2 Å². The number of carbonyl (C=O) groups excluding carboxylic acids is 1. The van der Waals surface area contributed by atoms with Crippen LogP contribution in [0, 0.1) is 13.8 Å². The molecule has 6 nitrogen and oxygen atoms in total. The topological polar surface area (TPSA) is 79.4 Å². The molecule has 144 valence electrons. The summed E-state index contributed by atoms with van der Waals surface area (Å²) in [5.41, 5.74) is 3.35. The van der Waals surface area contributed by atoms with Crippen LogP contribution < -0.4 is 9.62 Å². The number of pyridine rings is 1. The Balaban J connectivity index is 1.89. The van der Waals surface area contributed by atoms with E-state index in [-0.39, 0.29) is 11.4 Å². The third-order valence-electron chi connectivity index (χ3n) is 4.21. The molecule has 28 heavy (non-hydrogen) atoms. The lowest BCUT2D eigenvalue weighted by Gasteiger charge is -2.23. The number of urea groups is 1. The molecular formula is C21H21N3O3S. The molecule has 3 aromatic rings. The van der Waals surface area contributed by atoms with E-state index < -0.39 is 16.1 Å². The maximum atomic E-state index is 12.9. The third-order valence-corrected chi connectivity index (χ3v) is 5.54. The van der Waals surface area contributed by atoms with Crippen molar-refractivity contribution in [2.45, 2.75) is 25.3 Å². The van der Waals surface area contributed by atoms with Crippen LogP contribution in [0.15, 0.2) is 78.0 Å². The second kappa shape index (κ2) is 8.22. The molecule has 0 bridgehead atoms. The first-order chi connectivity index (χ1) is 13.3. The van der Waals surface area contributed by atoms with E-state index in [9.17, 15) is 13.2 Å². The molecule has 0 saturated carbocycles. The van der Waals surface area contributed by atoms with Crippen LogP contribution in [0.5, 0.6) is 0 Å². The fourth-order valence-corrected chi connectivity index (χ4v) is 3.58. The Morgan fingerprint density at radius 3 is 2.14 bits per heavy atom. The van der Waals surface area contributed by atoms with Gasteiger partial charge >= 0.3 is 6.03 Å². The highest BCUT2D eigenvalue weighted by Crippen LogP contribution is 2.19. The zero-order valence-electron chi connectivity index (χ0n) is 15.7. The number of anilines is 1. The summed E-state index contributed by atoms with van der Waals surface area (Å²) in [6, 6.07) is 16.5. The average molecular weight is 395 g/mol. The Hall–Kier alpha value is -3.19. The minimum Gasteiger partial charge on any atom is -0.289 e. The Morgan fingerprint density at radius 2 is 1.57 bits per heavy atom. The highest BCUT2D eigenvalue weighted by atomic mass is 32.2. The molecule has 0 aliphatic carbocycles. The summed E-state index contributed by atoms with van der Waals surface area (Å²) >= 11 is 0. The van der Waals surface area contributed by atoms with Gasteiger partial charge in [0.2, 0.25) is 0 Å². The standard InChI is InChI=1S/C21H21N3O3S/c1-16-5-9-19(10-6-16)24(15-18-4-3-13-22-14-18)21(25)23-28(26,27)20-11-7-17(2)8-12-20/h3-14H,15H2,1-2H3,(H,23,25).